The molecular formula is C10H11FN2O. The maximum Gasteiger partial charge on any atom is 0.146 e. The van der Waals surface area contributed by atoms with Gasteiger partial charge in [0.05, 0.1) is 17.7 Å². The minimum Gasteiger partial charge on any atom is -0.394 e. The highest BCUT2D eigenvalue weighted by molar-refractivity contribution is 5.38. The van der Waals surface area contributed by atoms with Crippen molar-refractivity contribution in [3.63, 3.8) is 0 Å². The quantitative estimate of drug-likeness (QED) is 0.733. The molecule has 3 nitrogen and oxygen atoms in total. The molecule has 0 bridgehead atoms. The normalized spacial score (nSPS) is 14.5. The summed E-state index contributed by atoms with van der Waals surface area (Å²) in [5.74, 6) is -0.658. The summed E-state index contributed by atoms with van der Waals surface area (Å²) in [6, 6.07) is 6.09. The van der Waals surface area contributed by atoms with Crippen molar-refractivity contribution in [2.75, 3.05) is 6.61 Å². The molecule has 0 heterocycles. The summed E-state index contributed by atoms with van der Waals surface area (Å²) in [6.45, 7) is 1.13. The van der Waals surface area contributed by atoms with Crippen molar-refractivity contribution in [2.24, 2.45) is 5.73 Å². The number of benzene rings is 1. The Labute approximate surface area is 81.6 Å². The van der Waals surface area contributed by atoms with Gasteiger partial charge in [0.25, 0.3) is 0 Å². The van der Waals surface area contributed by atoms with Crippen molar-refractivity contribution in [1.29, 1.82) is 5.26 Å². The van der Waals surface area contributed by atoms with Gasteiger partial charge in [0.1, 0.15) is 11.9 Å². The third-order valence-electron chi connectivity index (χ3n) is 2.06. The summed E-state index contributed by atoms with van der Waals surface area (Å²) in [5, 5.41) is 17.5. The van der Waals surface area contributed by atoms with Gasteiger partial charge in [-0.1, -0.05) is 12.1 Å². The number of halogens is 1. The fourth-order valence-corrected chi connectivity index (χ4v) is 1.14. The van der Waals surface area contributed by atoms with Crippen LogP contribution in [0, 0.1) is 17.1 Å². The van der Waals surface area contributed by atoms with Gasteiger partial charge in [-0.25, -0.2) is 4.39 Å². The first-order valence-electron chi connectivity index (χ1n) is 4.12. The Morgan fingerprint density at radius 3 is 2.79 bits per heavy atom. The van der Waals surface area contributed by atoms with Crippen molar-refractivity contribution in [2.45, 2.75) is 12.5 Å². The van der Waals surface area contributed by atoms with Crippen LogP contribution in [0.25, 0.3) is 0 Å². The molecule has 3 N–H and O–H groups in total. The maximum absolute atomic E-state index is 13.5. The summed E-state index contributed by atoms with van der Waals surface area (Å²) in [4.78, 5) is 0. The van der Waals surface area contributed by atoms with Crippen molar-refractivity contribution in [1.82, 2.24) is 0 Å². The van der Waals surface area contributed by atoms with Crippen molar-refractivity contribution >= 4 is 0 Å². The Morgan fingerprint density at radius 2 is 2.29 bits per heavy atom. The predicted molar refractivity (Wildman–Crippen MR) is 49.7 cm³/mol. The molecule has 4 heteroatoms. The molecule has 0 saturated carbocycles. The molecule has 1 rings (SSSR count). The highest BCUT2D eigenvalue weighted by Gasteiger charge is 2.24. The second-order valence-electron chi connectivity index (χ2n) is 3.35. The number of aliphatic hydroxyl groups is 1. The van der Waals surface area contributed by atoms with E-state index in [4.69, 9.17) is 16.1 Å². The molecule has 0 spiro atoms. The number of hydrogen-bond donors (Lipinski definition) is 2. The third kappa shape index (κ3) is 1.74. The Bertz CT molecular complexity index is 382. The van der Waals surface area contributed by atoms with E-state index in [9.17, 15) is 4.39 Å². The molecule has 1 aromatic carbocycles. The van der Waals surface area contributed by atoms with E-state index < -0.39 is 11.4 Å². The lowest BCUT2D eigenvalue weighted by Crippen LogP contribution is -2.38. The van der Waals surface area contributed by atoms with Gasteiger partial charge >= 0.3 is 0 Å². The molecule has 0 unspecified atom stereocenters. The lowest BCUT2D eigenvalue weighted by atomic mass is 9.92. The summed E-state index contributed by atoms with van der Waals surface area (Å²) in [5.41, 5.74) is 4.60. The monoisotopic (exact) mass is 194 g/mol. The Hall–Kier alpha value is -1.44. The van der Waals surface area contributed by atoms with E-state index in [-0.39, 0.29) is 17.7 Å². The van der Waals surface area contributed by atoms with E-state index in [1.807, 2.05) is 0 Å². The van der Waals surface area contributed by atoms with E-state index in [1.54, 1.807) is 6.07 Å². The van der Waals surface area contributed by atoms with Crippen LogP contribution in [0.15, 0.2) is 18.2 Å². The molecule has 0 aromatic heterocycles. The summed E-state index contributed by atoms with van der Waals surface area (Å²) in [7, 11) is 0. The van der Waals surface area contributed by atoms with Gasteiger partial charge in [0.15, 0.2) is 0 Å². The van der Waals surface area contributed by atoms with E-state index in [0.717, 1.165) is 0 Å². The van der Waals surface area contributed by atoms with Crippen LogP contribution in [0.4, 0.5) is 4.39 Å². The van der Waals surface area contributed by atoms with Gasteiger partial charge in [-0.05, 0) is 13.0 Å². The SMILES string of the molecule is C[C@@](N)(CO)c1cccc(C#N)c1F. The van der Waals surface area contributed by atoms with Crippen LogP contribution >= 0.6 is 0 Å². The van der Waals surface area contributed by atoms with Crippen LogP contribution in [-0.2, 0) is 5.54 Å². The fraction of sp³-hybridized carbons (Fsp3) is 0.300. The minimum atomic E-state index is -1.16. The second kappa shape index (κ2) is 3.74. The van der Waals surface area contributed by atoms with E-state index in [2.05, 4.69) is 0 Å². The molecule has 0 fully saturated rings. The van der Waals surface area contributed by atoms with Crippen molar-refractivity contribution < 1.29 is 9.50 Å². The van der Waals surface area contributed by atoms with Crippen LogP contribution in [0.3, 0.4) is 0 Å². The molecule has 0 aliphatic heterocycles. The predicted octanol–water partition coefficient (Wildman–Crippen LogP) is 0.864. The minimum absolute atomic E-state index is 0.0624. The Balaban J connectivity index is 3.31. The molecule has 1 atom stereocenters. The van der Waals surface area contributed by atoms with Crippen LogP contribution in [-0.4, -0.2) is 11.7 Å². The highest BCUT2D eigenvalue weighted by atomic mass is 19.1. The van der Waals surface area contributed by atoms with Gasteiger partial charge in [0, 0.05) is 5.56 Å². The standard InChI is InChI=1S/C10H11FN2O/c1-10(13,6-14)8-4-2-3-7(5-12)9(8)11/h2-4,14H,6,13H2,1H3/t10-/m1/s1. The Kier molecular flexibility index (Phi) is 2.84. The molecule has 0 radical (unpaired) electrons. The molecular weight excluding hydrogens is 183 g/mol. The van der Waals surface area contributed by atoms with E-state index in [0.29, 0.717) is 0 Å². The van der Waals surface area contributed by atoms with Gasteiger partial charge in [-0.15, -0.1) is 0 Å². The van der Waals surface area contributed by atoms with Gasteiger partial charge < -0.3 is 10.8 Å². The van der Waals surface area contributed by atoms with Crippen LogP contribution in [0.1, 0.15) is 18.1 Å². The van der Waals surface area contributed by atoms with Crippen LogP contribution in [0.2, 0.25) is 0 Å². The van der Waals surface area contributed by atoms with Crippen molar-refractivity contribution in [3.8, 4) is 6.07 Å². The van der Waals surface area contributed by atoms with Gasteiger partial charge in [-0.3, -0.25) is 0 Å². The first-order chi connectivity index (χ1) is 6.53. The average Bonchev–Trinajstić information content (AvgIpc) is 2.18. The molecule has 0 amide bonds. The first kappa shape index (κ1) is 10.6. The van der Waals surface area contributed by atoms with Gasteiger partial charge in [-0.2, -0.15) is 5.26 Å². The third-order valence-corrected chi connectivity index (χ3v) is 2.06. The molecule has 14 heavy (non-hydrogen) atoms. The second-order valence-corrected chi connectivity index (χ2v) is 3.35. The topological polar surface area (TPSA) is 70.0 Å². The lowest BCUT2D eigenvalue weighted by Gasteiger charge is -2.22. The number of rotatable bonds is 2. The lowest BCUT2D eigenvalue weighted by molar-refractivity contribution is 0.206. The fourth-order valence-electron chi connectivity index (χ4n) is 1.14. The zero-order chi connectivity index (χ0) is 10.8. The Morgan fingerprint density at radius 1 is 1.64 bits per heavy atom. The first-order valence-corrected chi connectivity index (χ1v) is 4.12. The molecule has 0 saturated heterocycles. The molecule has 0 aliphatic rings. The summed E-state index contributed by atoms with van der Waals surface area (Å²) >= 11 is 0. The molecule has 74 valence electrons. The largest absolute Gasteiger partial charge is 0.394 e. The maximum atomic E-state index is 13.5. The number of aliphatic hydroxyl groups excluding tert-OH is 1. The van der Waals surface area contributed by atoms with Crippen molar-refractivity contribution in [3.05, 3.63) is 35.1 Å². The zero-order valence-corrected chi connectivity index (χ0v) is 7.79. The number of nitrogens with zero attached hydrogens (tertiary/aromatic N) is 1. The zero-order valence-electron chi connectivity index (χ0n) is 7.79. The molecule has 1 aromatic rings. The van der Waals surface area contributed by atoms with E-state index in [1.165, 1.54) is 25.1 Å². The molecule has 0 aliphatic carbocycles. The number of nitriles is 1. The highest BCUT2D eigenvalue weighted by Crippen LogP contribution is 2.22. The number of nitrogens with two attached hydrogens (primary N) is 1. The van der Waals surface area contributed by atoms with Crippen LogP contribution < -0.4 is 5.73 Å². The summed E-state index contributed by atoms with van der Waals surface area (Å²) < 4.78 is 13.5. The van der Waals surface area contributed by atoms with Crippen LogP contribution in [0.5, 0.6) is 0 Å². The smallest absolute Gasteiger partial charge is 0.146 e. The number of hydrogen-bond acceptors (Lipinski definition) is 3. The van der Waals surface area contributed by atoms with Gasteiger partial charge in [0.2, 0.25) is 0 Å². The average molecular weight is 194 g/mol. The summed E-state index contributed by atoms with van der Waals surface area (Å²) in [6.07, 6.45) is 0. The van der Waals surface area contributed by atoms with E-state index >= 15 is 0 Å².